The van der Waals surface area contributed by atoms with Crippen molar-refractivity contribution in [1.82, 2.24) is 15.1 Å². The maximum Gasteiger partial charge on any atom is 0.317 e. The summed E-state index contributed by atoms with van der Waals surface area (Å²) in [5.74, 6) is -0.304. The van der Waals surface area contributed by atoms with Crippen LogP contribution in [0.15, 0.2) is 48.5 Å². The average Bonchev–Trinajstić information content (AvgIpc) is 2.69. The molecule has 28 heavy (non-hydrogen) atoms. The quantitative estimate of drug-likeness (QED) is 0.835. The van der Waals surface area contributed by atoms with Crippen LogP contribution in [0.4, 0.5) is 13.6 Å². The first-order valence-electron chi connectivity index (χ1n) is 9.70. The minimum Gasteiger partial charge on any atom is -0.331 e. The molecule has 1 saturated heterocycles. The molecule has 0 aliphatic carbocycles. The lowest BCUT2D eigenvalue weighted by molar-refractivity contribution is 0.131. The van der Waals surface area contributed by atoms with Crippen LogP contribution in [0, 0.1) is 17.6 Å². The molecule has 1 aliphatic rings. The van der Waals surface area contributed by atoms with Crippen LogP contribution in [0.3, 0.4) is 0 Å². The van der Waals surface area contributed by atoms with E-state index in [0.29, 0.717) is 38.3 Å². The van der Waals surface area contributed by atoms with Crippen LogP contribution < -0.4 is 5.32 Å². The highest BCUT2D eigenvalue weighted by atomic mass is 19.1. The fourth-order valence-corrected chi connectivity index (χ4v) is 3.51. The molecule has 2 aromatic carbocycles. The molecule has 1 aliphatic heterocycles. The first-order chi connectivity index (χ1) is 13.4. The van der Waals surface area contributed by atoms with Crippen LogP contribution in [0.2, 0.25) is 0 Å². The summed E-state index contributed by atoms with van der Waals surface area (Å²) in [5.41, 5.74) is 1.57. The van der Waals surface area contributed by atoms with Gasteiger partial charge in [0.2, 0.25) is 0 Å². The van der Waals surface area contributed by atoms with E-state index in [0.717, 1.165) is 5.56 Å². The number of hydrogen-bond acceptors (Lipinski definition) is 2. The van der Waals surface area contributed by atoms with Gasteiger partial charge in [-0.2, -0.15) is 0 Å². The summed E-state index contributed by atoms with van der Waals surface area (Å²) >= 11 is 0. The number of halogens is 2. The Kier molecular flexibility index (Phi) is 6.62. The molecule has 6 heteroatoms. The van der Waals surface area contributed by atoms with Gasteiger partial charge >= 0.3 is 6.03 Å². The molecule has 2 aromatic rings. The Hall–Kier alpha value is -2.47. The molecule has 0 unspecified atom stereocenters. The van der Waals surface area contributed by atoms with Crippen molar-refractivity contribution in [2.75, 3.05) is 26.2 Å². The molecule has 150 valence electrons. The fraction of sp³-hybridized carbons (Fsp3) is 0.409. The number of amides is 2. The van der Waals surface area contributed by atoms with Crippen molar-refractivity contribution < 1.29 is 13.6 Å². The number of carbonyl (C=O) groups excluding carboxylic acids is 1. The second-order valence-electron chi connectivity index (χ2n) is 7.58. The lowest BCUT2D eigenvalue weighted by Gasteiger charge is -2.36. The van der Waals surface area contributed by atoms with Gasteiger partial charge in [-0.3, -0.25) is 4.90 Å². The minimum absolute atomic E-state index is 0.117. The molecule has 2 amide bonds. The Labute approximate surface area is 165 Å². The van der Waals surface area contributed by atoms with E-state index in [1.165, 1.54) is 18.2 Å². The van der Waals surface area contributed by atoms with Crippen LogP contribution >= 0.6 is 0 Å². The first kappa shape index (κ1) is 20.3. The second kappa shape index (κ2) is 9.15. The van der Waals surface area contributed by atoms with Crippen molar-refractivity contribution in [3.05, 3.63) is 71.3 Å². The Bertz CT molecular complexity index is 787. The molecule has 1 atom stereocenters. The van der Waals surface area contributed by atoms with E-state index in [4.69, 9.17) is 0 Å². The molecule has 1 fully saturated rings. The van der Waals surface area contributed by atoms with Gasteiger partial charge in [0.25, 0.3) is 0 Å². The largest absolute Gasteiger partial charge is 0.331 e. The number of nitrogens with zero attached hydrogens (tertiary/aromatic N) is 2. The second-order valence-corrected chi connectivity index (χ2v) is 7.58. The van der Waals surface area contributed by atoms with Crippen molar-refractivity contribution in [3.8, 4) is 0 Å². The van der Waals surface area contributed by atoms with Gasteiger partial charge in [-0.1, -0.05) is 44.2 Å². The number of urea groups is 1. The minimum atomic E-state index is -0.288. The number of carbonyl (C=O) groups is 1. The third-order valence-electron chi connectivity index (χ3n) is 5.19. The van der Waals surface area contributed by atoms with E-state index >= 15 is 0 Å². The number of benzene rings is 2. The van der Waals surface area contributed by atoms with E-state index in [1.807, 2.05) is 19.9 Å². The van der Waals surface area contributed by atoms with Crippen LogP contribution in [0.1, 0.15) is 31.0 Å². The lowest BCUT2D eigenvalue weighted by atomic mass is 9.96. The Morgan fingerprint density at radius 2 is 1.64 bits per heavy atom. The molecule has 1 N–H and O–H groups in total. The summed E-state index contributed by atoms with van der Waals surface area (Å²) in [6, 6.07) is 12.8. The van der Waals surface area contributed by atoms with E-state index in [-0.39, 0.29) is 29.6 Å². The van der Waals surface area contributed by atoms with Gasteiger partial charge < -0.3 is 10.2 Å². The predicted octanol–water partition coefficient (Wildman–Crippen LogP) is 4.19. The van der Waals surface area contributed by atoms with Gasteiger partial charge in [0.15, 0.2) is 0 Å². The van der Waals surface area contributed by atoms with Crippen molar-refractivity contribution in [3.63, 3.8) is 0 Å². The highest BCUT2D eigenvalue weighted by Crippen LogP contribution is 2.22. The Balaban J connectivity index is 1.55. The normalized spacial score (nSPS) is 16.2. The summed E-state index contributed by atoms with van der Waals surface area (Å²) in [5, 5.41) is 3.08. The topological polar surface area (TPSA) is 35.6 Å². The summed E-state index contributed by atoms with van der Waals surface area (Å²) in [4.78, 5) is 16.7. The predicted molar refractivity (Wildman–Crippen MR) is 106 cm³/mol. The van der Waals surface area contributed by atoms with Crippen molar-refractivity contribution >= 4 is 6.03 Å². The van der Waals surface area contributed by atoms with Crippen molar-refractivity contribution in [1.29, 1.82) is 0 Å². The van der Waals surface area contributed by atoms with Gasteiger partial charge in [-0.15, -0.1) is 0 Å². The smallest absolute Gasteiger partial charge is 0.317 e. The van der Waals surface area contributed by atoms with Crippen molar-refractivity contribution in [2.24, 2.45) is 5.92 Å². The molecule has 0 saturated carbocycles. The molecule has 0 radical (unpaired) electrons. The summed E-state index contributed by atoms with van der Waals surface area (Å²) < 4.78 is 27.0. The SMILES string of the molecule is CC(C)[C@H](NC(=O)N1CCN(Cc2ccccc2F)CC1)c1ccc(F)cc1. The van der Waals surface area contributed by atoms with E-state index in [2.05, 4.69) is 10.2 Å². The molecular weight excluding hydrogens is 360 g/mol. The molecule has 0 spiro atoms. The van der Waals surface area contributed by atoms with Gasteiger partial charge in [0.1, 0.15) is 11.6 Å². The van der Waals surface area contributed by atoms with E-state index < -0.39 is 0 Å². The standard InChI is InChI=1S/C22H27F2N3O/c1-16(2)21(17-7-9-19(23)10-8-17)25-22(28)27-13-11-26(12-14-27)15-18-5-3-4-6-20(18)24/h3-10,16,21H,11-15H2,1-2H3,(H,25,28)/t21-/m0/s1. The van der Waals surface area contributed by atoms with Crippen molar-refractivity contribution in [2.45, 2.75) is 26.4 Å². The molecule has 4 nitrogen and oxygen atoms in total. The maximum atomic E-state index is 13.8. The van der Waals surface area contributed by atoms with E-state index in [9.17, 15) is 13.6 Å². The molecule has 0 aromatic heterocycles. The molecule has 0 bridgehead atoms. The molecule has 3 rings (SSSR count). The third kappa shape index (κ3) is 5.07. The zero-order valence-electron chi connectivity index (χ0n) is 16.4. The van der Waals surface area contributed by atoms with Crippen LogP contribution in [0.5, 0.6) is 0 Å². The van der Waals surface area contributed by atoms with Gasteiger partial charge in [0, 0.05) is 38.3 Å². The van der Waals surface area contributed by atoms with E-state index in [1.54, 1.807) is 29.2 Å². The highest BCUT2D eigenvalue weighted by Gasteiger charge is 2.25. The van der Waals surface area contributed by atoms with Crippen LogP contribution in [-0.2, 0) is 6.54 Å². The molecular formula is C22H27F2N3O. The average molecular weight is 387 g/mol. The summed E-state index contributed by atoms with van der Waals surface area (Å²) in [6.07, 6.45) is 0. The summed E-state index contributed by atoms with van der Waals surface area (Å²) in [7, 11) is 0. The van der Waals surface area contributed by atoms with Gasteiger partial charge in [0.05, 0.1) is 6.04 Å². The number of hydrogen-bond donors (Lipinski definition) is 1. The third-order valence-corrected chi connectivity index (χ3v) is 5.19. The maximum absolute atomic E-state index is 13.8. The lowest BCUT2D eigenvalue weighted by Crippen LogP contribution is -2.52. The zero-order valence-corrected chi connectivity index (χ0v) is 16.4. The first-order valence-corrected chi connectivity index (χ1v) is 9.70. The number of rotatable bonds is 5. The monoisotopic (exact) mass is 387 g/mol. The van der Waals surface area contributed by atoms with Gasteiger partial charge in [-0.25, -0.2) is 13.6 Å². The highest BCUT2D eigenvalue weighted by molar-refractivity contribution is 5.75. The number of piperazine rings is 1. The number of nitrogens with one attached hydrogen (secondary N) is 1. The Morgan fingerprint density at radius 1 is 1.00 bits per heavy atom. The fourth-order valence-electron chi connectivity index (χ4n) is 3.51. The molecule has 1 heterocycles. The Morgan fingerprint density at radius 3 is 2.25 bits per heavy atom. The van der Waals surface area contributed by atoms with Crippen LogP contribution in [-0.4, -0.2) is 42.0 Å². The van der Waals surface area contributed by atoms with Crippen LogP contribution in [0.25, 0.3) is 0 Å². The van der Waals surface area contributed by atoms with Gasteiger partial charge in [-0.05, 0) is 29.7 Å². The zero-order chi connectivity index (χ0) is 20.1. The summed E-state index contributed by atoms with van der Waals surface area (Å²) in [6.45, 7) is 7.19.